The third kappa shape index (κ3) is 8.08. The Labute approximate surface area is 226 Å². The Bertz CT molecular complexity index is 1130. The zero-order valence-corrected chi connectivity index (χ0v) is 22.2. The topological polar surface area (TPSA) is 90.8 Å². The van der Waals surface area contributed by atoms with Gasteiger partial charge in [0.1, 0.15) is 5.56 Å². The van der Waals surface area contributed by atoms with Gasteiger partial charge in [0.2, 0.25) is 5.91 Å². The van der Waals surface area contributed by atoms with Crippen LogP contribution in [0.15, 0.2) is 42.5 Å². The minimum absolute atomic E-state index is 0.105. The normalized spacial score (nSPS) is 17.7. The lowest BCUT2D eigenvalue weighted by Crippen LogP contribution is -2.43. The number of anilines is 2. The number of carbonyl (C=O) groups excluding carboxylic acids is 1. The molecule has 0 unspecified atom stereocenters. The number of nitrogens with zero attached hydrogens (tertiary/aromatic N) is 3. The fraction of sp³-hybridized carbons (Fsp3) is 0.536. The van der Waals surface area contributed by atoms with Crippen molar-refractivity contribution in [2.45, 2.75) is 63.7 Å². The van der Waals surface area contributed by atoms with Gasteiger partial charge >= 0.3 is 6.18 Å². The van der Waals surface area contributed by atoms with E-state index in [4.69, 9.17) is 0 Å². The molecule has 4 rings (SSSR count). The van der Waals surface area contributed by atoms with Crippen molar-refractivity contribution in [3.8, 4) is 0 Å². The maximum Gasteiger partial charge on any atom is 0.423 e. The summed E-state index contributed by atoms with van der Waals surface area (Å²) in [5.74, 6) is 0.110. The van der Waals surface area contributed by atoms with Gasteiger partial charge in [0.15, 0.2) is 0 Å². The Hall–Kier alpha value is -3.34. The number of piperidine rings is 2. The van der Waals surface area contributed by atoms with Crippen molar-refractivity contribution >= 4 is 23.0 Å². The predicted molar refractivity (Wildman–Crippen MR) is 145 cm³/mol. The zero-order valence-electron chi connectivity index (χ0n) is 22.2. The monoisotopic (exact) mass is 547 g/mol. The van der Waals surface area contributed by atoms with E-state index in [1.165, 1.54) is 11.6 Å². The van der Waals surface area contributed by atoms with Gasteiger partial charge in [-0.15, -0.1) is 0 Å². The molecule has 1 amide bonds. The zero-order chi connectivity index (χ0) is 28.0. The number of aryl methyl sites for hydroxylation is 1. The van der Waals surface area contributed by atoms with Gasteiger partial charge in [-0.1, -0.05) is 17.7 Å². The van der Waals surface area contributed by atoms with Crippen LogP contribution in [0.3, 0.4) is 0 Å². The number of halogens is 3. The molecule has 0 aromatic heterocycles. The van der Waals surface area contributed by atoms with Gasteiger partial charge in [0.05, 0.1) is 4.92 Å². The molecule has 212 valence electrons. The standard InChI is InChI=1S/C28H36F3N5O3/c1-20-4-6-21(7-5-20)32-22-10-15-34(16-11-22)14-2-3-27(37)35-17-12-23(13-18-35)33-24-8-9-26(36(38)39)25(19-24)28(29,30)31/h4-9,19,22-23,32-33H,2-3,10-18H2,1H3. The molecular formula is C28H36F3N5O3. The summed E-state index contributed by atoms with van der Waals surface area (Å²) in [4.78, 5) is 26.9. The molecule has 0 aliphatic carbocycles. The lowest BCUT2D eigenvalue weighted by molar-refractivity contribution is -0.388. The van der Waals surface area contributed by atoms with Gasteiger partial charge in [0.25, 0.3) is 5.69 Å². The van der Waals surface area contributed by atoms with E-state index in [2.05, 4.69) is 46.7 Å². The summed E-state index contributed by atoms with van der Waals surface area (Å²) in [5, 5.41) is 17.6. The SMILES string of the molecule is Cc1ccc(NC2CCN(CCCC(=O)N3CCC(Nc4ccc([N+](=O)[O-])c(C(F)(F)F)c4)CC3)CC2)cc1. The van der Waals surface area contributed by atoms with Crippen LogP contribution >= 0.6 is 0 Å². The number of hydrogen-bond donors (Lipinski definition) is 2. The van der Waals surface area contributed by atoms with Gasteiger partial charge in [-0.05, 0) is 69.8 Å². The molecule has 2 aliphatic rings. The second kappa shape index (κ2) is 12.7. The molecule has 8 nitrogen and oxygen atoms in total. The number of nitrogens with one attached hydrogen (secondary N) is 2. The molecular weight excluding hydrogens is 511 g/mol. The summed E-state index contributed by atoms with van der Waals surface area (Å²) >= 11 is 0. The van der Waals surface area contributed by atoms with Gasteiger partial charge in [-0.3, -0.25) is 14.9 Å². The smallest absolute Gasteiger partial charge is 0.382 e. The molecule has 0 bridgehead atoms. The van der Waals surface area contributed by atoms with Gasteiger partial charge < -0.3 is 20.4 Å². The summed E-state index contributed by atoms with van der Waals surface area (Å²) in [6.07, 6.45) is -0.183. The number of carbonyl (C=O) groups is 1. The molecule has 2 aliphatic heterocycles. The minimum Gasteiger partial charge on any atom is -0.382 e. The molecule has 2 fully saturated rings. The Morgan fingerprint density at radius 1 is 0.949 bits per heavy atom. The van der Waals surface area contributed by atoms with Crippen molar-refractivity contribution in [3.63, 3.8) is 0 Å². The number of nitro groups is 1. The van der Waals surface area contributed by atoms with E-state index < -0.39 is 22.4 Å². The molecule has 0 spiro atoms. The fourth-order valence-corrected chi connectivity index (χ4v) is 5.32. The van der Waals surface area contributed by atoms with E-state index in [0.29, 0.717) is 38.4 Å². The first-order valence-electron chi connectivity index (χ1n) is 13.5. The molecule has 2 aromatic rings. The van der Waals surface area contributed by atoms with E-state index in [1.54, 1.807) is 0 Å². The highest BCUT2D eigenvalue weighted by atomic mass is 19.4. The van der Waals surface area contributed by atoms with Gasteiger partial charge in [-0.2, -0.15) is 13.2 Å². The molecule has 0 atom stereocenters. The van der Waals surface area contributed by atoms with Crippen molar-refractivity contribution < 1.29 is 22.9 Å². The second-order valence-electron chi connectivity index (χ2n) is 10.5. The highest BCUT2D eigenvalue weighted by Gasteiger charge is 2.38. The molecule has 39 heavy (non-hydrogen) atoms. The van der Waals surface area contributed by atoms with Crippen LogP contribution in [0.4, 0.5) is 30.2 Å². The number of benzene rings is 2. The van der Waals surface area contributed by atoms with E-state index in [1.807, 2.05) is 4.90 Å². The predicted octanol–water partition coefficient (Wildman–Crippen LogP) is 5.68. The van der Waals surface area contributed by atoms with Gasteiger partial charge in [0, 0.05) is 62.1 Å². The maximum atomic E-state index is 13.3. The Balaban J connectivity index is 1.14. The van der Waals surface area contributed by atoms with Crippen molar-refractivity contribution in [2.24, 2.45) is 0 Å². The largest absolute Gasteiger partial charge is 0.423 e. The lowest BCUT2D eigenvalue weighted by Gasteiger charge is -2.34. The van der Waals surface area contributed by atoms with Crippen LogP contribution in [0.5, 0.6) is 0 Å². The molecule has 0 radical (unpaired) electrons. The van der Waals surface area contributed by atoms with Gasteiger partial charge in [-0.25, -0.2) is 0 Å². The van der Waals surface area contributed by atoms with E-state index in [0.717, 1.165) is 56.7 Å². The first-order chi connectivity index (χ1) is 18.6. The summed E-state index contributed by atoms with van der Waals surface area (Å²) in [5.41, 5.74) is 0.364. The van der Waals surface area contributed by atoms with E-state index in [9.17, 15) is 28.1 Å². The number of alkyl halides is 3. The molecule has 2 heterocycles. The summed E-state index contributed by atoms with van der Waals surface area (Å²) < 4.78 is 39.8. The molecule has 2 saturated heterocycles. The number of hydrogen-bond acceptors (Lipinski definition) is 6. The number of rotatable bonds is 9. The second-order valence-corrected chi connectivity index (χ2v) is 10.5. The molecule has 0 saturated carbocycles. The third-order valence-electron chi connectivity index (χ3n) is 7.59. The first-order valence-corrected chi connectivity index (χ1v) is 13.5. The van der Waals surface area contributed by atoms with Crippen LogP contribution in [0, 0.1) is 17.0 Å². The lowest BCUT2D eigenvalue weighted by atomic mass is 10.0. The summed E-state index contributed by atoms with van der Waals surface area (Å²) in [7, 11) is 0. The average molecular weight is 548 g/mol. The Kier molecular flexibility index (Phi) is 9.32. The summed E-state index contributed by atoms with van der Waals surface area (Å²) in [6, 6.07) is 11.8. The Morgan fingerprint density at radius 2 is 1.51 bits per heavy atom. The highest BCUT2D eigenvalue weighted by Crippen LogP contribution is 2.38. The van der Waals surface area contributed by atoms with Crippen LogP contribution in [-0.2, 0) is 11.0 Å². The van der Waals surface area contributed by atoms with Crippen molar-refractivity contribution in [3.05, 3.63) is 63.7 Å². The van der Waals surface area contributed by atoms with Crippen molar-refractivity contribution in [1.29, 1.82) is 0 Å². The maximum absolute atomic E-state index is 13.3. The number of amides is 1. The Morgan fingerprint density at radius 3 is 2.10 bits per heavy atom. The van der Waals surface area contributed by atoms with E-state index >= 15 is 0 Å². The first kappa shape index (κ1) is 28.7. The van der Waals surface area contributed by atoms with Crippen molar-refractivity contribution in [1.82, 2.24) is 9.80 Å². The molecule has 2 aromatic carbocycles. The van der Waals surface area contributed by atoms with Crippen LogP contribution in [0.1, 0.15) is 49.7 Å². The quantitative estimate of drug-likeness (QED) is 0.310. The third-order valence-corrected chi connectivity index (χ3v) is 7.59. The van der Waals surface area contributed by atoms with E-state index in [-0.39, 0.29) is 17.6 Å². The van der Waals surface area contributed by atoms with Crippen LogP contribution in [0.2, 0.25) is 0 Å². The van der Waals surface area contributed by atoms with Crippen LogP contribution in [0.25, 0.3) is 0 Å². The molecule has 2 N–H and O–H groups in total. The fourth-order valence-electron chi connectivity index (χ4n) is 5.32. The number of likely N-dealkylation sites (tertiary alicyclic amines) is 2. The van der Waals surface area contributed by atoms with Crippen molar-refractivity contribution in [2.75, 3.05) is 43.4 Å². The molecule has 11 heteroatoms. The van der Waals surface area contributed by atoms with Crippen LogP contribution in [-0.4, -0.2) is 65.4 Å². The summed E-state index contributed by atoms with van der Waals surface area (Å²) in [6.45, 7) is 6.05. The highest BCUT2D eigenvalue weighted by molar-refractivity contribution is 5.76. The minimum atomic E-state index is -4.82. The van der Waals surface area contributed by atoms with Crippen LogP contribution < -0.4 is 10.6 Å². The average Bonchev–Trinajstić information content (AvgIpc) is 2.91. The number of nitro benzene ring substituents is 1.